The lowest BCUT2D eigenvalue weighted by Gasteiger charge is -2.09. The lowest BCUT2D eigenvalue weighted by Crippen LogP contribution is -2.11. The van der Waals surface area contributed by atoms with Crippen LogP contribution in [-0.2, 0) is 11.2 Å². The van der Waals surface area contributed by atoms with Crippen LogP contribution in [-0.4, -0.2) is 26.7 Å². The van der Waals surface area contributed by atoms with E-state index in [4.69, 9.17) is 0 Å². The number of halogens is 3. The molecule has 0 aliphatic rings. The van der Waals surface area contributed by atoms with Crippen LogP contribution in [0.1, 0.15) is 12.5 Å². The predicted molar refractivity (Wildman–Crippen MR) is 112 cm³/mol. The summed E-state index contributed by atoms with van der Waals surface area (Å²) in [6.45, 7) is 1.43. The molecule has 2 aromatic carbocycles. The Kier molecular flexibility index (Phi) is 5.33. The summed E-state index contributed by atoms with van der Waals surface area (Å²) in [6, 6.07) is 18.7. The fraction of sp³-hybridized carbons (Fsp3) is 0.136. The summed E-state index contributed by atoms with van der Waals surface area (Å²) in [6.07, 6.45) is -5.26. The molecule has 31 heavy (non-hydrogen) atoms. The Balaban J connectivity index is 1.62. The number of carbonyl (C=O) groups excluding carboxylic acids is 1. The highest BCUT2D eigenvalue weighted by Crippen LogP contribution is 2.26. The minimum absolute atomic E-state index is 0.158. The molecule has 4 aromatic rings. The topological polar surface area (TPSA) is 71.3 Å². The SMILES string of the molecule is CC(=O)Nc1ccc(Nc2nc3cccc(-c4cccc(CC(F)(F)F)c4)n3n2)cc1. The molecule has 158 valence electrons. The Morgan fingerprint density at radius 1 is 1.00 bits per heavy atom. The van der Waals surface area contributed by atoms with Crippen molar-refractivity contribution in [2.75, 3.05) is 10.6 Å². The Hall–Kier alpha value is -3.88. The van der Waals surface area contributed by atoms with Gasteiger partial charge in [-0.2, -0.15) is 18.2 Å². The number of pyridine rings is 1. The van der Waals surface area contributed by atoms with Crippen molar-refractivity contribution >= 4 is 28.9 Å². The number of alkyl halides is 3. The molecule has 0 spiro atoms. The van der Waals surface area contributed by atoms with Crippen LogP contribution in [0.25, 0.3) is 16.9 Å². The number of nitrogens with one attached hydrogen (secondary N) is 2. The summed E-state index contributed by atoms with van der Waals surface area (Å²) < 4.78 is 39.9. The summed E-state index contributed by atoms with van der Waals surface area (Å²) in [7, 11) is 0. The fourth-order valence-corrected chi connectivity index (χ4v) is 3.22. The molecule has 2 N–H and O–H groups in total. The number of benzene rings is 2. The van der Waals surface area contributed by atoms with E-state index in [0.29, 0.717) is 28.5 Å². The highest BCUT2D eigenvalue weighted by atomic mass is 19.4. The molecule has 9 heteroatoms. The monoisotopic (exact) mass is 425 g/mol. The highest BCUT2D eigenvalue weighted by Gasteiger charge is 2.27. The number of rotatable bonds is 5. The number of anilines is 3. The number of aromatic nitrogens is 3. The summed E-state index contributed by atoms with van der Waals surface area (Å²) in [5.74, 6) is 0.181. The molecule has 0 radical (unpaired) electrons. The van der Waals surface area contributed by atoms with E-state index in [1.54, 1.807) is 59.1 Å². The van der Waals surface area contributed by atoms with E-state index >= 15 is 0 Å². The Morgan fingerprint density at radius 3 is 2.42 bits per heavy atom. The van der Waals surface area contributed by atoms with Crippen LogP contribution < -0.4 is 10.6 Å². The van der Waals surface area contributed by atoms with Crippen LogP contribution >= 0.6 is 0 Å². The molecule has 0 saturated carbocycles. The maximum Gasteiger partial charge on any atom is 0.393 e. The molecular formula is C22H18F3N5O. The number of hydrogen-bond donors (Lipinski definition) is 2. The lowest BCUT2D eigenvalue weighted by molar-refractivity contribution is -0.127. The van der Waals surface area contributed by atoms with E-state index in [0.717, 1.165) is 5.69 Å². The van der Waals surface area contributed by atoms with E-state index in [-0.39, 0.29) is 11.5 Å². The van der Waals surface area contributed by atoms with Gasteiger partial charge < -0.3 is 10.6 Å². The molecule has 0 aliphatic carbocycles. The minimum Gasteiger partial charge on any atom is -0.326 e. The van der Waals surface area contributed by atoms with E-state index in [2.05, 4.69) is 20.7 Å². The second kappa shape index (κ2) is 8.10. The zero-order valence-corrected chi connectivity index (χ0v) is 16.4. The van der Waals surface area contributed by atoms with Crippen LogP contribution in [0, 0.1) is 0 Å². The zero-order chi connectivity index (χ0) is 22.0. The van der Waals surface area contributed by atoms with Gasteiger partial charge in [0.15, 0.2) is 5.65 Å². The largest absolute Gasteiger partial charge is 0.393 e. The number of fused-ring (bicyclic) bond motifs is 1. The van der Waals surface area contributed by atoms with Crippen LogP contribution in [0.5, 0.6) is 0 Å². The molecule has 0 saturated heterocycles. The van der Waals surface area contributed by atoms with Gasteiger partial charge in [0.25, 0.3) is 0 Å². The van der Waals surface area contributed by atoms with Crippen molar-refractivity contribution < 1.29 is 18.0 Å². The van der Waals surface area contributed by atoms with Crippen molar-refractivity contribution in [3.05, 3.63) is 72.3 Å². The van der Waals surface area contributed by atoms with Gasteiger partial charge >= 0.3 is 6.18 Å². The van der Waals surface area contributed by atoms with E-state index in [9.17, 15) is 18.0 Å². The molecule has 4 rings (SSSR count). The van der Waals surface area contributed by atoms with Gasteiger partial charge in [-0.05, 0) is 48.0 Å². The Morgan fingerprint density at radius 2 is 1.71 bits per heavy atom. The molecule has 0 unspecified atom stereocenters. The Bertz CT molecular complexity index is 1230. The van der Waals surface area contributed by atoms with Crippen molar-refractivity contribution in [1.29, 1.82) is 0 Å². The number of carbonyl (C=O) groups is 1. The molecule has 0 atom stereocenters. The predicted octanol–water partition coefficient (Wildman–Crippen LogP) is 5.20. The van der Waals surface area contributed by atoms with Crippen LogP contribution in [0.4, 0.5) is 30.5 Å². The Labute approximate surface area is 175 Å². The van der Waals surface area contributed by atoms with Gasteiger partial charge in [-0.15, -0.1) is 5.10 Å². The van der Waals surface area contributed by atoms with Crippen LogP contribution in [0.15, 0.2) is 66.7 Å². The van der Waals surface area contributed by atoms with Gasteiger partial charge in [0, 0.05) is 23.9 Å². The maximum atomic E-state index is 12.8. The first-order valence-electron chi connectivity index (χ1n) is 9.43. The van der Waals surface area contributed by atoms with Crippen molar-refractivity contribution in [2.24, 2.45) is 0 Å². The smallest absolute Gasteiger partial charge is 0.326 e. The first-order valence-corrected chi connectivity index (χ1v) is 9.43. The molecule has 0 bridgehead atoms. The molecule has 0 fully saturated rings. The second-order valence-electron chi connectivity index (χ2n) is 6.99. The summed E-state index contributed by atoms with van der Waals surface area (Å²) >= 11 is 0. The van der Waals surface area contributed by atoms with E-state index in [1.807, 2.05) is 0 Å². The van der Waals surface area contributed by atoms with Gasteiger partial charge in [0.2, 0.25) is 11.9 Å². The van der Waals surface area contributed by atoms with Gasteiger partial charge in [-0.25, -0.2) is 4.52 Å². The van der Waals surface area contributed by atoms with Gasteiger partial charge in [0.1, 0.15) is 0 Å². The standard InChI is InChI=1S/C22H18F3N5O/c1-14(31)26-17-8-10-18(11-9-17)27-21-28-20-7-3-6-19(30(20)29-21)16-5-2-4-15(12-16)13-22(23,24)25/h2-12H,13H2,1H3,(H,26,31)(H,27,29). The summed E-state index contributed by atoms with van der Waals surface area (Å²) in [5.41, 5.74) is 3.36. The zero-order valence-electron chi connectivity index (χ0n) is 16.4. The third-order valence-corrected chi connectivity index (χ3v) is 4.45. The molecule has 2 aromatic heterocycles. The van der Waals surface area contributed by atoms with Crippen LogP contribution in [0.3, 0.4) is 0 Å². The van der Waals surface area contributed by atoms with Crippen molar-refractivity contribution in [3.8, 4) is 11.3 Å². The third kappa shape index (κ3) is 5.00. The molecule has 6 nitrogen and oxygen atoms in total. The average Bonchev–Trinajstić information content (AvgIpc) is 3.10. The van der Waals surface area contributed by atoms with Gasteiger partial charge in [-0.1, -0.05) is 24.3 Å². The van der Waals surface area contributed by atoms with Crippen LogP contribution in [0.2, 0.25) is 0 Å². The van der Waals surface area contributed by atoms with Crippen molar-refractivity contribution in [3.63, 3.8) is 0 Å². The molecular weight excluding hydrogens is 407 g/mol. The van der Waals surface area contributed by atoms with Crippen molar-refractivity contribution in [2.45, 2.75) is 19.5 Å². The first kappa shape index (κ1) is 20.4. The fourth-order valence-electron chi connectivity index (χ4n) is 3.22. The lowest BCUT2D eigenvalue weighted by atomic mass is 10.1. The van der Waals surface area contributed by atoms with E-state index < -0.39 is 12.6 Å². The van der Waals surface area contributed by atoms with E-state index in [1.165, 1.54) is 19.1 Å². The summed E-state index contributed by atoms with van der Waals surface area (Å²) in [5, 5.41) is 10.2. The normalized spacial score (nSPS) is 11.5. The second-order valence-corrected chi connectivity index (χ2v) is 6.99. The quantitative estimate of drug-likeness (QED) is 0.461. The van der Waals surface area contributed by atoms with Gasteiger partial charge in [-0.3, -0.25) is 4.79 Å². The maximum absolute atomic E-state index is 12.8. The molecule has 0 aliphatic heterocycles. The molecule has 2 heterocycles. The third-order valence-electron chi connectivity index (χ3n) is 4.45. The first-order chi connectivity index (χ1) is 14.8. The molecule has 1 amide bonds. The van der Waals surface area contributed by atoms with Crippen molar-refractivity contribution in [1.82, 2.24) is 14.6 Å². The minimum atomic E-state index is -4.27. The summed E-state index contributed by atoms with van der Waals surface area (Å²) in [4.78, 5) is 15.6. The number of hydrogen-bond acceptors (Lipinski definition) is 4. The number of amides is 1. The van der Waals surface area contributed by atoms with Gasteiger partial charge in [0.05, 0.1) is 12.1 Å². The average molecular weight is 425 g/mol. The number of nitrogens with zero attached hydrogens (tertiary/aromatic N) is 3. The highest BCUT2D eigenvalue weighted by molar-refractivity contribution is 5.88.